The minimum Gasteiger partial charge on any atom is -0.493 e. The number of hydrogen-bond donors (Lipinski definition) is 1. The highest BCUT2D eigenvalue weighted by Gasteiger charge is 2.45. The summed E-state index contributed by atoms with van der Waals surface area (Å²) in [5.74, 6) is 1.16. The van der Waals surface area contributed by atoms with E-state index in [-0.39, 0.29) is 5.91 Å². The Morgan fingerprint density at radius 2 is 1.80 bits per heavy atom. The molecular formula is C27H34N4O4. The van der Waals surface area contributed by atoms with Crippen LogP contribution in [-0.4, -0.2) is 73.1 Å². The molecule has 0 atom stereocenters. The van der Waals surface area contributed by atoms with Crippen molar-refractivity contribution in [3.63, 3.8) is 0 Å². The number of rotatable bonds is 9. The second-order valence-corrected chi connectivity index (χ2v) is 9.23. The van der Waals surface area contributed by atoms with E-state index in [0.717, 1.165) is 41.7 Å². The average molecular weight is 479 g/mol. The Kier molecular flexibility index (Phi) is 7.31. The molecule has 0 saturated carbocycles. The number of hydrogen-bond acceptors (Lipinski definition) is 5. The summed E-state index contributed by atoms with van der Waals surface area (Å²) in [5, 5.41) is 4.17. The number of ether oxygens (including phenoxy) is 2. The van der Waals surface area contributed by atoms with Gasteiger partial charge < -0.3 is 29.2 Å². The first kappa shape index (κ1) is 24.6. The van der Waals surface area contributed by atoms with Crippen LogP contribution in [-0.2, 0) is 23.1 Å². The smallest absolute Gasteiger partial charge is 0.250 e. The maximum Gasteiger partial charge on any atom is 0.250 e. The van der Waals surface area contributed by atoms with E-state index in [1.165, 1.54) is 0 Å². The van der Waals surface area contributed by atoms with E-state index in [9.17, 15) is 9.59 Å². The lowest BCUT2D eigenvalue weighted by Crippen LogP contribution is -2.61. The minimum atomic E-state index is -0.906. The van der Waals surface area contributed by atoms with Crippen molar-refractivity contribution in [1.29, 1.82) is 0 Å². The largest absolute Gasteiger partial charge is 0.493 e. The molecule has 1 saturated heterocycles. The molecular weight excluding hydrogens is 444 g/mol. The van der Waals surface area contributed by atoms with Crippen LogP contribution in [0.2, 0.25) is 0 Å². The number of anilines is 1. The molecule has 35 heavy (non-hydrogen) atoms. The predicted molar refractivity (Wildman–Crippen MR) is 137 cm³/mol. The van der Waals surface area contributed by atoms with Crippen molar-refractivity contribution in [3.05, 3.63) is 54.2 Å². The number of nitrogens with zero attached hydrogens (tertiary/aromatic N) is 3. The SMILES string of the molecule is COc1ccc(CCN(C=O)C2(C(=O)Nc3ccc4c(ccn4C)c3)CCN(C)CC2)cc1OC. The van der Waals surface area contributed by atoms with Gasteiger partial charge in [0.15, 0.2) is 11.5 Å². The van der Waals surface area contributed by atoms with E-state index < -0.39 is 5.54 Å². The zero-order valence-corrected chi connectivity index (χ0v) is 20.9. The molecule has 0 spiro atoms. The molecule has 1 N–H and O–H groups in total. The van der Waals surface area contributed by atoms with Gasteiger partial charge in [-0.15, -0.1) is 0 Å². The van der Waals surface area contributed by atoms with Crippen LogP contribution in [0.3, 0.4) is 0 Å². The predicted octanol–water partition coefficient (Wildman–Crippen LogP) is 3.30. The molecule has 0 radical (unpaired) electrons. The van der Waals surface area contributed by atoms with Gasteiger partial charge in [-0.25, -0.2) is 0 Å². The first-order chi connectivity index (χ1) is 16.9. The fourth-order valence-corrected chi connectivity index (χ4v) is 4.89. The molecule has 2 amide bonds. The maximum atomic E-state index is 13.8. The topological polar surface area (TPSA) is 76.0 Å². The molecule has 4 rings (SSSR count). The number of fused-ring (bicyclic) bond motifs is 1. The second kappa shape index (κ2) is 10.4. The Balaban J connectivity index is 1.56. The maximum absolute atomic E-state index is 13.8. The molecule has 8 heteroatoms. The lowest BCUT2D eigenvalue weighted by Gasteiger charge is -2.45. The van der Waals surface area contributed by atoms with Crippen LogP contribution in [0.4, 0.5) is 5.69 Å². The molecule has 186 valence electrons. The van der Waals surface area contributed by atoms with E-state index >= 15 is 0 Å². The van der Waals surface area contributed by atoms with E-state index in [1.807, 2.05) is 67.3 Å². The zero-order valence-electron chi connectivity index (χ0n) is 20.9. The number of methoxy groups -OCH3 is 2. The number of nitrogens with one attached hydrogen (secondary N) is 1. The molecule has 1 aliphatic rings. The van der Waals surface area contributed by atoms with Crippen LogP contribution in [0.5, 0.6) is 11.5 Å². The lowest BCUT2D eigenvalue weighted by atomic mass is 9.84. The van der Waals surface area contributed by atoms with Gasteiger partial charge in [-0.05, 0) is 68.3 Å². The number of amides is 2. The average Bonchev–Trinajstić information content (AvgIpc) is 3.25. The summed E-state index contributed by atoms with van der Waals surface area (Å²) in [6, 6.07) is 13.6. The number of aryl methyl sites for hydroxylation is 1. The fourth-order valence-electron chi connectivity index (χ4n) is 4.89. The molecule has 2 aromatic carbocycles. The van der Waals surface area contributed by atoms with Crippen molar-refractivity contribution in [2.24, 2.45) is 7.05 Å². The van der Waals surface area contributed by atoms with Gasteiger partial charge >= 0.3 is 0 Å². The van der Waals surface area contributed by atoms with Crippen LogP contribution < -0.4 is 14.8 Å². The van der Waals surface area contributed by atoms with Gasteiger partial charge in [0.2, 0.25) is 12.3 Å². The summed E-state index contributed by atoms with van der Waals surface area (Å²) in [4.78, 5) is 30.0. The first-order valence-electron chi connectivity index (χ1n) is 11.9. The van der Waals surface area contributed by atoms with Crippen molar-refractivity contribution in [3.8, 4) is 11.5 Å². The summed E-state index contributed by atoms with van der Waals surface area (Å²) in [6.07, 6.45) is 4.57. The van der Waals surface area contributed by atoms with Crippen LogP contribution >= 0.6 is 0 Å². The summed E-state index contributed by atoms with van der Waals surface area (Å²) < 4.78 is 12.8. The quantitative estimate of drug-likeness (QED) is 0.478. The van der Waals surface area contributed by atoms with Crippen LogP contribution in [0, 0.1) is 0 Å². The lowest BCUT2D eigenvalue weighted by molar-refractivity contribution is -0.140. The third-order valence-corrected chi connectivity index (χ3v) is 7.15. The highest BCUT2D eigenvalue weighted by atomic mass is 16.5. The Bertz CT molecular complexity index is 1200. The van der Waals surface area contributed by atoms with Gasteiger partial charge in [-0.3, -0.25) is 9.59 Å². The second-order valence-electron chi connectivity index (χ2n) is 9.23. The summed E-state index contributed by atoms with van der Waals surface area (Å²) in [5.41, 5.74) is 1.93. The van der Waals surface area contributed by atoms with E-state index in [1.54, 1.807) is 19.1 Å². The van der Waals surface area contributed by atoms with Gasteiger partial charge in [-0.2, -0.15) is 0 Å². The van der Waals surface area contributed by atoms with Gasteiger partial charge in [0.25, 0.3) is 0 Å². The number of carbonyl (C=O) groups excluding carboxylic acids is 2. The van der Waals surface area contributed by atoms with Crippen LogP contribution in [0.1, 0.15) is 18.4 Å². The summed E-state index contributed by atoms with van der Waals surface area (Å²) in [6.45, 7) is 1.91. The molecule has 3 aromatic rings. The molecule has 1 aliphatic heterocycles. The third-order valence-electron chi connectivity index (χ3n) is 7.15. The summed E-state index contributed by atoms with van der Waals surface area (Å²) >= 11 is 0. The Hall–Kier alpha value is -3.52. The molecule has 0 aliphatic carbocycles. The number of carbonyl (C=O) groups is 2. The number of aromatic nitrogens is 1. The molecule has 1 aromatic heterocycles. The highest BCUT2D eigenvalue weighted by molar-refractivity contribution is 6.00. The Labute approximate surface area is 206 Å². The highest BCUT2D eigenvalue weighted by Crippen LogP contribution is 2.32. The monoisotopic (exact) mass is 478 g/mol. The standard InChI is InChI=1S/C27H34N4O4/c1-29-15-11-27(12-16-29,26(33)28-22-6-7-23-21(18-22)10-13-30(23)2)31(19-32)14-9-20-5-8-24(34-3)25(17-20)35-4/h5-8,10,13,17-19H,9,11-12,14-16H2,1-4H3,(H,28,33). The molecule has 1 fully saturated rings. The van der Waals surface area contributed by atoms with Crippen LogP contribution in [0.25, 0.3) is 10.9 Å². The number of likely N-dealkylation sites (tertiary alicyclic amines) is 1. The van der Waals surface area contributed by atoms with Crippen molar-refractivity contribution >= 4 is 28.9 Å². The van der Waals surface area contributed by atoms with E-state index in [2.05, 4.69) is 10.2 Å². The summed E-state index contributed by atoms with van der Waals surface area (Å²) in [7, 11) is 7.24. The van der Waals surface area contributed by atoms with E-state index in [0.29, 0.717) is 37.3 Å². The van der Waals surface area contributed by atoms with Gasteiger partial charge in [0, 0.05) is 49.5 Å². The Morgan fingerprint density at radius 1 is 1.06 bits per heavy atom. The van der Waals surface area contributed by atoms with Gasteiger partial charge in [0.05, 0.1) is 14.2 Å². The molecule has 0 bridgehead atoms. The minimum absolute atomic E-state index is 0.139. The normalized spacial score (nSPS) is 15.5. The molecule has 8 nitrogen and oxygen atoms in total. The molecule has 2 heterocycles. The fraction of sp³-hybridized carbons (Fsp3) is 0.407. The van der Waals surface area contributed by atoms with Crippen molar-refractivity contribution in [1.82, 2.24) is 14.4 Å². The van der Waals surface area contributed by atoms with Crippen LogP contribution in [0.15, 0.2) is 48.7 Å². The van der Waals surface area contributed by atoms with Gasteiger partial charge in [0.1, 0.15) is 5.54 Å². The zero-order chi connectivity index (χ0) is 25.0. The van der Waals surface area contributed by atoms with Gasteiger partial charge in [-0.1, -0.05) is 6.07 Å². The van der Waals surface area contributed by atoms with E-state index in [4.69, 9.17) is 9.47 Å². The number of piperidine rings is 1. The van der Waals surface area contributed by atoms with Crippen molar-refractivity contribution < 1.29 is 19.1 Å². The number of benzene rings is 2. The van der Waals surface area contributed by atoms with Crippen molar-refractivity contribution in [2.45, 2.75) is 24.8 Å². The Morgan fingerprint density at radius 3 is 2.49 bits per heavy atom. The molecule has 0 unspecified atom stereocenters. The third kappa shape index (κ3) is 4.98. The first-order valence-corrected chi connectivity index (χ1v) is 11.9. The van der Waals surface area contributed by atoms with Crippen molar-refractivity contribution in [2.75, 3.05) is 46.2 Å².